The summed E-state index contributed by atoms with van der Waals surface area (Å²) in [6, 6.07) is 0. The van der Waals surface area contributed by atoms with Crippen molar-refractivity contribution in [3.05, 3.63) is 0 Å². The largest absolute Gasteiger partial charge is 0.371 e. The number of rotatable bonds is 3. The Labute approximate surface area is 109 Å². The molecule has 1 saturated heterocycles. The predicted molar refractivity (Wildman–Crippen MR) is 69.9 cm³/mol. The molecule has 0 N–H and O–H groups in total. The molecule has 2 unspecified atom stereocenters. The zero-order chi connectivity index (χ0) is 13.3. The Kier molecular flexibility index (Phi) is 4.86. The molecule has 4 nitrogen and oxygen atoms in total. The standard InChI is InChI=1S/C11H22ClNO3S/c1-9-6-13(7-10(5-12)16-9)17(14,15)8-11(2,3)4/h9-10H,5-8H2,1-4H3. The molecular formula is C11H22ClNO3S. The highest BCUT2D eigenvalue weighted by atomic mass is 35.5. The van der Waals surface area contributed by atoms with Crippen LogP contribution in [0.4, 0.5) is 0 Å². The molecular weight excluding hydrogens is 262 g/mol. The number of sulfonamides is 1. The lowest BCUT2D eigenvalue weighted by Crippen LogP contribution is -2.51. The maximum absolute atomic E-state index is 12.2. The number of hydrogen-bond donors (Lipinski definition) is 0. The second kappa shape index (κ2) is 5.43. The van der Waals surface area contributed by atoms with Crippen LogP contribution in [-0.4, -0.2) is 49.7 Å². The van der Waals surface area contributed by atoms with Crippen molar-refractivity contribution in [2.45, 2.75) is 39.9 Å². The minimum atomic E-state index is -3.22. The van der Waals surface area contributed by atoms with Gasteiger partial charge in [-0.3, -0.25) is 0 Å². The van der Waals surface area contributed by atoms with Gasteiger partial charge in [0.1, 0.15) is 0 Å². The molecule has 1 rings (SSSR count). The van der Waals surface area contributed by atoms with Gasteiger partial charge in [-0.05, 0) is 12.3 Å². The fourth-order valence-electron chi connectivity index (χ4n) is 1.95. The van der Waals surface area contributed by atoms with E-state index in [9.17, 15) is 8.42 Å². The summed E-state index contributed by atoms with van der Waals surface area (Å²) in [4.78, 5) is 0. The van der Waals surface area contributed by atoms with E-state index in [1.54, 1.807) is 0 Å². The predicted octanol–water partition coefficient (Wildman–Crippen LogP) is 1.69. The van der Waals surface area contributed by atoms with E-state index in [1.165, 1.54) is 4.31 Å². The van der Waals surface area contributed by atoms with Crippen molar-refractivity contribution in [3.63, 3.8) is 0 Å². The van der Waals surface area contributed by atoms with Crippen molar-refractivity contribution in [1.29, 1.82) is 0 Å². The fourth-order valence-corrected chi connectivity index (χ4v) is 4.23. The molecule has 1 fully saturated rings. The summed E-state index contributed by atoms with van der Waals surface area (Å²) in [7, 11) is -3.22. The average molecular weight is 284 g/mol. The Hall–Kier alpha value is 0.160. The van der Waals surface area contributed by atoms with Crippen molar-refractivity contribution in [1.82, 2.24) is 4.31 Å². The first-order valence-corrected chi connectivity index (χ1v) is 7.98. The smallest absolute Gasteiger partial charge is 0.214 e. The maximum atomic E-state index is 12.2. The first-order chi connectivity index (χ1) is 7.64. The van der Waals surface area contributed by atoms with Gasteiger partial charge in [0.25, 0.3) is 0 Å². The molecule has 1 aliphatic rings. The summed E-state index contributed by atoms with van der Waals surface area (Å²) < 4.78 is 31.5. The Bertz CT molecular complexity index is 350. The summed E-state index contributed by atoms with van der Waals surface area (Å²) in [6.45, 7) is 8.44. The molecule has 1 heterocycles. The summed E-state index contributed by atoms with van der Waals surface area (Å²) in [5, 5.41) is 0. The first kappa shape index (κ1) is 15.2. The highest BCUT2D eigenvalue weighted by Crippen LogP contribution is 2.22. The van der Waals surface area contributed by atoms with Crippen LogP contribution in [0.25, 0.3) is 0 Å². The van der Waals surface area contributed by atoms with Gasteiger partial charge in [-0.15, -0.1) is 11.6 Å². The second-order valence-corrected chi connectivity index (χ2v) is 8.13. The highest BCUT2D eigenvalue weighted by molar-refractivity contribution is 7.89. The average Bonchev–Trinajstić information content (AvgIpc) is 2.13. The first-order valence-electron chi connectivity index (χ1n) is 5.83. The minimum Gasteiger partial charge on any atom is -0.371 e. The molecule has 0 saturated carbocycles. The summed E-state index contributed by atoms with van der Waals surface area (Å²) >= 11 is 5.75. The van der Waals surface area contributed by atoms with Crippen LogP contribution in [0.2, 0.25) is 0 Å². The Morgan fingerprint density at radius 2 is 1.94 bits per heavy atom. The molecule has 1 aliphatic heterocycles. The molecule has 0 amide bonds. The molecule has 17 heavy (non-hydrogen) atoms. The minimum absolute atomic E-state index is 0.0951. The Balaban J connectivity index is 2.77. The van der Waals surface area contributed by atoms with Gasteiger partial charge < -0.3 is 4.74 Å². The van der Waals surface area contributed by atoms with E-state index in [0.717, 1.165) is 0 Å². The van der Waals surface area contributed by atoms with Crippen molar-refractivity contribution in [2.24, 2.45) is 5.41 Å². The van der Waals surface area contributed by atoms with E-state index < -0.39 is 10.0 Å². The van der Waals surface area contributed by atoms with Gasteiger partial charge in [-0.2, -0.15) is 4.31 Å². The summed E-state index contributed by atoms with van der Waals surface area (Å²) in [5.74, 6) is 0.480. The lowest BCUT2D eigenvalue weighted by molar-refractivity contribution is -0.0424. The third-order valence-electron chi connectivity index (χ3n) is 2.47. The maximum Gasteiger partial charge on any atom is 0.214 e. The third kappa shape index (κ3) is 4.73. The van der Waals surface area contributed by atoms with Crippen LogP contribution in [0.5, 0.6) is 0 Å². The number of nitrogens with zero attached hydrogens (tertiary/aromatic N) is 1. The molecule has 0 aromatic rings. The van der Waals surface area contributed by atoms with Gasteiger partial charge in [0.15, 0.2) is 0 Å². The van der Waals surface area contributed by atoms with Crippen LogP contribution in [0, 0.1) is 5.41 Å². The molecule has 0 aromatic carbocycles. The monoisotopic (exact) mass is 283 g/mol. The van der Waals surface area contributed by atoms with Gasteiger partial charge in [-0.25, -0.2) is 8.42 Å². The number of morpholine rings is 1. The van der Waals surface area contributed by atoms with Crippen LogP contribution >= 0.6 is 11.6 Å². The second-order valence-electron chi connectivity index (χ2n) is 5.86. The van der Waals surface area contributed by atoms with Gasteiger partial charge >= 0.3 is 0 Å². The van der Waals surface area contributed by atoms with Crippen LogP contribution < -0.4 is 0 Å². The molecule has 0 aliphatic carbocycles. The molecule has 6 heteroatoms. The van der Waals surface area contributed by atoms with E-state index in [4.69, 9.17) is 16.3 Å². The third-order valence-corrected chi connectivity index (χ3v) is 5.13. The Morgan fingerprint density at radius 3 is 2.41 bits per heavy atom. The molecule has 0 radical (unpaired) electrons. The normalized spacial score (nSPS) is 28.3. The molecule has 102 valence electrons. The molecule has 0 spiro atoms. The van der Waals surface area contributed by atoms with E-state index >= 15 is 0 Å². The van der Waals surface area contributed by atoms with Gasteiger partial charge in [0, 0.05) is 19.0 Å². The van der Waals surface area contributed by atoms with Gasteiger partial charge in [-0.1, -0.05) is 20.8 Å². The number of alkyl halides is 1. The highest BCUT2D eigenvalue weighted by Gasteiger charge is 2.34. The zero-order valence-electron chi connectivity index (χ0n) is 10.9. The van der Waals surface area contributed by atoms with Crippen molar-refractivity contribution in [2.75, 3.05) is 24.7 Å². The quantitative estimate of drug-likeness (QED) is 0.741. The Morgan fingerprint density at radius 1 is 1.35 bits per heavy atom. The van der Waals surface area contributed by atoms with Gasteiger partial charge in [0.05, 0.1) is 18.0 Å². The van der Waals surface area contributed by atoms with Crippen LogP contribution in [0.15, 0.2) is 0 Å². The SMILES string of the molecule is CC1CN(S(=O)(=O)CC(C)(C)C)CC(CCl)O1. The van der Waals surface area contributed by atoms with Crippen LogP contribution in [-0.2, 0) is 14.8 Å². The van der Waals surface area contributed by atoms with Crippen LogP contribution in [0.1, 0.15) is 27.7 Å². The van der Waals surface area contributed by atoms with Crippen molar-refractivity contribution < 1.29 is 13.2 Å². The van der Waals surface area contributed by atoms with Gasteiger partial charge in [0.2, 0.25) is 10.0 Å². The van der Waals surface area contributed by atoms with E-state index in [1.807, 2.05) is 27.7 Å². The number of ether oxygens (including phenoxy) is 1. The lowest BCUT2D eigenvalue weighted by Gasteiger charge is -2.36. The summed E-state index contributed by atoms with van der Waals surface area (Å²) in [5.41, 5.74) is -0.239. The number of hydrogen-bond acceptors (Lipinski definition) is 3. The molecule has 0 aromatic heterocycles. The van der Waals surface area contributed by atoms with Crippen molar-refractivity contribution >= 4 is 21.6 Å². The summed E-state index contributed by atoms with van der Waals surface area (Å²) in [6.07, 6.45) is -0.294. The molecule has 2 atom stereocenters. The van der Waals surface area contributed by atoms with Crippen LogP contribution in [0.3, 0.4) is 0 Å². The lowest BCUT2D eigenvalue weighted by atomic mass is 10.0. The van der Waals surface area contributed by atoms with E-state index in [-0.39, 0.29) is 23.4 Å². The fraction of sp³-hybridized carbons (Fsp3) is 1.00. The number of halogens is 1. The molecule has 0 bridgehead atoms. The van der Waals surface area contributed by atoms with E-state index in [0.29, 0.717) is 19.0 Å². The van der Waals surface area contributed by atoms with Crippen molar-refractivity contribution in [3.8, 4) is 0 Å². The zero-order valence-corrected chi connectivity index (χ0v) is 12.5. The topological polar surface area (TPSA) is 46.6 Å². The van der Waals surface area contributed by atoms with E-state index in [2.05, 4.69) is 0 Å².